The molecule has 1 aromatic heterocycles. The van der Waals surface area contributed by atoms with Gasteiger partial charge in [0, 0.05) is 22.8 Å². The number of nitrogens with zero attached hydrogens (tertiary/aromatic N) is 1. The second-order valence-electron chi connectivity index (χ2n) is 5.98. The fourth-order valence-electron chi connectivity index (χ4n) is 3.77. The molecule has 2 saturated heterocycles. The number of hydrogen-bond donors (Lipinski definition) is 1. The lowest BCUT2D eigenvalue weighted by molar-refractivity contribution is 0.0580. The molecule has 2 fully saturated rings. The van der Waals surface area contributed by atoms with Crippen LogP contribution in [0, 0.1) is 0 Å². The van der Waals surface area contributed by atoms with E-state index in [0.29, 0.717) is 12.1 Å². The Morgan fingerprint density at radius 3 is 2.60 bits per heavy atom. The van der Waals surface area contributed by atoms with Gasteiger partial charge in [-0.1, -0.05) is 18.2 Å². The van der Waals surface area contributed by atoms with E-state index in [2.05, 4.69) is 17.0 Å². The number of benzene rings is 1. The zero-order valence-electron chi connectivity index (χ0n) is 11.3. The SMILES string of the molecule is NC1CC2CCC(C1)N2C(=O)c1cc2ccccc2s1. The van der Waals surface area contributed by atoms with Gasteiger partial charge in [0.15, 0.2) is 0 Å². The smallest absolute Gasteiger partial charge is 0.264 e. The molecule has 3 nitrogen and oxygen atoms in total. The van der Waals surface area contributed by atoms with E-state index >= 15 is 0 Å². The first kappa shape index (κ1) is 12.4. The van der Waals surface area contributed by atoms with Crippen molar-refractivity contribution in [3.8, 4) is 0 Å². The Bertz CT molecular complexity index is 618. The minimum Gasteiger partial charge on any atom is -0.332 e. The van der Waals surface area contributed by atoms with Crippen LogP contribution in [0.2, 0.25) is 0 Å². The summed E-state index contributed by atoms with van der Waals surface area (Å²) in [7, 11) is 0. The fraction of sp³-hybridized carbons (Fsp3) is 0.438. The van der Waals surface area contributed by atoms with Crippen molar-refractivity contribution in [2.75, 3.05) is 0 Å². The largest absolute Gasteiger partial charge is 0.332 e. The number of fused-ring (bicyclic) bond motifs is 3. The van der Waals surface area contributed by atoms with Crippen molar-refractivity contribution < 1.29 is 4.79 Å². The molecule has 2 aromatic rings. The van der Waals surface area contributed by atoms with E-state index in [-0.39, 0.29) is 11.9 Å². The van der Waals surface area contributed by atoms with Crippen LogP contribution in [0.25, 0.3) is 10.1 Å². The third-order valence-electron chi connectivity index (χ3n) is 4.64. The van der Waals surface area contributed by atoms with E-state index in [9.17, 15) is 4.79 Å². The van der Waals surface area contributed by atoms with Gasteiger partial charge in [-0.3, -0.25) is 4.79 Å². The highest BCUT2D eigenvalue weighted by atomic mass is 32.1. The first-order valence-corrected chi connectivity index (χ1v) is 8.11. The van der Waals surface area contributed by atoms with Gasteiger partial charge in [-0.25, -0.2) is 0 Å². The van der Waals surface area contributed by atoms with Crippen LogP contribution in [-0.2, 0) is 0 Å². The van der Waals surface area contributed by atoms with Crippen LogP contribution in [0.4, 0.5) is 0 Å². The second kappa shape index (κ2) is 4.57. The number of rotatable bonds is 1. The van der Waals surface area contributed by atoms with Crippen molar-refractivity contribution >= 4 is 27.3 Å². The molecule has 0 saturated carbocycles. The van der Waals surface area contributed by atoms with Crippen LogP contribution in [0.1, 0.15) is 35.4 Å². The molecule has 2 aliphatic rings. The standard InChI is InChI=1S/C16H18N2OS/c17-11-8-12-5-6-13(9-11)18(12)16(19)15-7-10-3-1-2-4-14(10)20-15/h1-4,7,11-13H,5-6,8-9,17H2. The maximum atomic E-state index is 12.8. The number of hydrogen-bond acceptors (Lipinski definition) is 3. The molecule has 1 aromatic carbocycles. The molecule has 0 aliphatic carbocycles. The van der Waals surface area contributed by atoms with Crippen molar-refractivity contribution in [1.29, 1.82) is 0 Å². The summed E-state index contributed by atoms with van der Waals surface area (Å²) in [5.41, 5.74) is 6.08. The lowest BCUT2D eigenvalue weighted by atomic mass is 9.98. The van der Waals surface area contributed by atoms with E-state index in [1.54, 1.807) is 11.3 Å². The molecule has 2 aliphatic heterocycles. The van der Waals surface area contributed by atoms with E-state index < -0.39 is 0 Å². The van der Waals surface area contributed by atoms with Crippen LogP contribution in [0.3, 0.4) is 0 Å². The maximum Gasteiger partial charge on any atom is 0.264 e. The third kappa shape index (κ3) is 1.86. The van der Waals surface area contributed by atoms with Crippen LogP contribution in [-0.4, -0.2) is 28.9 Å². The monoisotopic (exact) mass is 286 g/mol. The van der Waals surface area contributed by atoms with Crippen molar-refractivity contribution in [3.63, 3.8) is 0 Å². The summed E-state index contributed by atoms with van der Waals surface area (Å²) in [6, 6.07) is 11.2. The molecule has 2 bridgehead atoms. The van der Waals surface area contributed by atoms with Crippen LogP contribution < -0.4 is 5.73 Å². The Balaban J connectivity index is 1.67. The number of carbonyl (C=O) groups is 1. The van der Waals surface area contributed by atoms with Gasteiger partial charge in [0.2, 0.25) is 0 Å². The molecule has 2 unspecified atom stereocenters. The summed E-state index contributed by atoms with van der Waals surface area (Å²) < 4.78 is 1.19. The number of amides is 1. The van der Waals surface area contributed by atoms with Crippen LogP contribution in [0.15, 0.2) is 30.3 Å². The van der Waals surface area contributed by atoms with Gasteiger partial charge < -0.3 is 10.6 Å². The Morgan fingerprint density at radius 1 is 1.20 bits per heavy atom. The average Bonchev–Trinajstić information content (AvgIpc) is 2.98. The second-order valence-corrected chi connectivity index (χ2v) is 7.06. The first-order valence-electron chi connectivity index (χ1n) is 7.29. The van der Waals surface area contributed by atoms with E-state index in [1.165, 1.54) is 10.1 Å². The summed E-state index contributed by atoms with van der Waals surface area (Å²) in [6.45, 7) is 0. The minimum absolute atomic E-state index is 0.214. The summed E-state index contributed by atoms with van der Waals surface area (Å²) in [5, 5.41) is 1.17. The molecule has 4 heteroatoms. The highest BCUT2D eigenvalue weighted by Gasteiger charge is 2.42. The average molecular weight is 286 g/mol. The summed E-state index contributed by atoms with van der Waals surface area (Å²) >= 11 is 1.61. The molecule has 1 amide bonds. The quantitative estimate of drug-likeness (QED) is 0.876. The molecular weight excluding hydrogens is 268 g/mol. The van der Waals surface area contributed by atoms with Gasteiger partial charge in [0.1, 0.15) is 0 Å². The number of piperidine rings is 1. The topological polar surface area (TPSA) is 46.3 Å². The van der Waals surface area contributed by atoms with Crippen LogP contribution in [0.5, 0.6) is 0 Å². The van der Waals surface area contributed by atoms with Crippen LogP contribution >= 0.6 is 11.3 Å². The first-order chi connectivity index (χ1) is 9.72. The molecule has 104 valence electrons. The Morgan fingerprint density at radius 2 is 1.90 bits per heavy atom. The van der Waals surface area contributed by atoms with Crippen molar-refractivity contribution in [1.82, 2.24) is 4.90 Å². The summed E-state index contributed by atoms with van der Waals surface area (Å²) in [4.78, 5) is 15.8. The minimum atomic E-state index is 0.214. The van der Waals surface area contributed by atoms with Gasteiger partial charge in [0.05, 0.1) is 4.88 Å². The third-order valence-corrected chi connectivity index (χ3v) is 5.74. The molecule has 4 rings (SSSR count). The highest BCUT2D eigenvalue weighted by molar-refractivity contribution is 7.20. The van der Waals surface area contributed by atoms with Gasteiger partial charge in [-0.15, -0.1) is 11.3 Å². The highest BCUT2D eigenvalue weighted by Crippen LogP contribution is 2.37. The molecule has 3 heterocycles. The van der Waals surface area contributed by atoms with E-state index in [1.807, 2.05) is 18.2 Å². The van der Waals surface area contributed by atoms with E-state index in [4.69, 9.17) is 5.73 Å². The zero-order valence-corrected chi connectivity index (χ0v) is 12.1. The Kier molecular flexibility index (Phi) is 2.82. The number of nitrogens with two attached hydrogens (primary N) is 1. The normalized spacial score (nSPS) is 29.1. The fourth-order valence-corrected chi connectivity index (χ4v) is 4.77. The van der Waals surface area contributed by atoms with E-state index in [0.717, 1.165) is 30.6 Å². The van der Waals surface area contributed by atoms with Gasteiger partial charge in [0.25, 0.3) is 5.91 Å². The molecule has 20 heavy (non-hydrogen) atoms. The predicted molar refractivity (Wildman–Crippen MR) is 82.0 cm³/mol. The molecule has 0 radical (unpaired) electrons. The maximum absolute atomic E-state index is 12.8. The number of carbonyl (C=O) groups excluding carboxylic acids is 1. The molecule has 2 atom stereocenters. The van der Waals surface area contributed by atoms with Gasteiger partial charge >= 0.3 is 0 Å². The van der Waals surface area contributed by atoms with Gasteiger partial charge in [-0.05, 0) is 43.2 Å². The molecule has 0 spiro atoms. The molecule has 2 N–H and O–H groups in total. The summed E-state index contributed by atoms with van der Waals surface area (Å²) in [6.07, 6.45) is 4.17. The zero-order chi connectivity index (χ0) is 13.7. The number of thiophene rings is 1. The Labute approximate surface area is 122 Å². The predicted octanol–water partition coefficient (Wildman–Crippen LogP) is 3.00. The lowest BCUT2D eigenvalue weighted by Crippen LogP contribution is -2.49. The van der Waals surface area contributed by atoms with Gasteiger partial charge in [-0.2, -0.15) is 0 Å². The molecular formula is C16H18N2OS. The lowest BCUT2D eigenvalue weighted by Gasteiger charge is -2.37. The Hall–Kier alpha value is -1.39. The van der Waals surface area contributed by atoms with Crippen molar-refractivity contribution in [3.05, 3.63) is 35.2 Å². The summed E-state index contributed by atoms with van der Waals surface area (Å²) in [5.74, 6) is 0.214. The van der Waals surface area contributed by atoms with Crippen molar-refractivity contribution in [2.24, 2.45) is 5.73 Å². The van der Waals surface area contributed by atoms with Crippen molar-refractivity contribution in [2.45, 2.75) is 43.8 Å².